The lowest BCUT2D eigenvalue weighted by molar-refractivity contribution is 0.414. The Morgan fingerprint density at radius 3 is 2.07 bits per heavy atom. The molecule has 0 aliphatic carbocycles. The fraction of sp³-hybridized carbons (Fsp3) is 0.130. The molecule has 0 bridgehead atoms. The van der Waals surface area contributed by atoms with E-state index in [1.54, 1.807) is 18.9 Å². The number of hydrogen-bond acceptors (Lipinski definition) is 4. The number of thioether (sulfide) groups is 1. The van der Waals surface area contributed by atoms with E-state index < -0.39 is 0 Å². The molecular weight excluding hydrogens is 366 g/mol. The van der Waals surface area contributed by atoms with Gasteiger partial charge >= 0.3 is 0 Å². The van der Waals surface area contributed by atoms with Gasteiger partial charge in [0.05, 0.1) is 7.11 Å². The predicted octanol–water partition coefficient (Wildman–Crippen LogP) is 5.16. The van der Waals surface area contributed by atoms with Gasteiger partial charge in [0, 0.05) is 17.9 Å². The Kier molecular flexibility index (Phi) is 5.73. The van der Waals surface area contributed by atoms with Crippen molar-refractivity contribution in [2.24, 2.45) is 0 Å². The van der Waals surface area contributed by atoms with Crippen LogP contribution in [0, 0.1) is 0 Å². The molecule has 0 N–H and O–H groups in total. The molecule has 1 heterocycles. The van der Waals surface area contributed by atoms with Crippen LogP contribution in [0.5, 0.6) is 5.75 Å². The highest BCUT2D eigenvalue weighted by molar-refractivity contribution is 7.98. The van der Waals surface area contributed by atoms with E-state index >= 15 is 0 Å². The number of ether oxygens (including phenoxy) is 1. The zero-order valence-electron chi connectivity index (χ0n) is 15.7. The van der Waals surface area contributed by atoms with Crippen LogP contribution in [-0.4, -0.2) is 21.9 Å². The maximum atomic E-state index is 5.30. The van der Waals surface area contributed by atoms with Crippen molar-refractivity contribution in [3.05, 3.63) is 102 Å². The number of benzene rings is 3. The molecule has 3 aromatic carbocycles. The highest BCUT2D eigenvalue weighted by atomic mass is 32.2. The van der Waals surface area contributed by atoms with Gasteiger partial charge in [0.2, 0.25) is 0 Å². The van der Waals surface area contributed by atoms with Crippen molar-refractivity contribution in [3.8, 4) is 11.4 Å². The van der Waals surface area contributed by atoms with Crippen LogP contribution < -0.4 is 4.74 Å². The molecular formula is C23H21N3OS. The Bertz CT molecular complexity index is 1010. The molecule has 0 fully saturated rings. The Hall–Kier alpha value is -3.05. The minimum Gasteiger partial charge on any atom is -0.497 e. The summed E-state index contributed by atoms with van der Waals surface area (Å²) in [6, 6.07) is 28.8. The molecule has 0 amide bonds. The van der Waals surface area contributed by atoms with Crippen molar-refractivity contribution in [2.75, 3.05) is 7.11 Å². The fourth-order valence-electron chi connectivity index (χ4n) is 3.00. The summed E-state index contributed by atoms with van der Waals surface area (Å²) in [4.78, 5) is 0. The average Bonchev–Trinajstić information content (AvgIpc) is 3.16. The van der Waals surface area contributed by atoms with Gasteiger partial charge in [0.25, 0.3) is 0 Å². The van der Waals surface area contributed by atoms with E-state index in [9.17, 15) is 0 Å². The van der Waals surface area contributed by atoms with Crippen LogP contribution in [0.4, 0.5) is 0 Å². The minimum atomic E-state index is 0.728. The maximum Gasteiger partial charge on any atom is 0.196 e. The Balaban J connectivity index is 1.66. The van der Waals surface area contributed by atoms with Gasteiger partial charge in [-0.3, -0.25) is 4.57 Å². The van der Waals surface area contributed by atoms with Crippen LogP contribution >= 0.6 is 11.8 Å². The van der Waals surface area contributed by atoms with Crippen molar-refractivity contribution in [2.45, 2.75) is 17.3 Å². The summed E-state index contributed by atoms with van der Waals surface area (Å²) in [5, 5.41) is 9.88. The van der Waals surface area contributed by atoms with Gasteiger partial charge < -0.3 is 4.74 Å². The van der Waals surface area contributed by atoms with E-state index in [0.717, 1.165) is 34.6 Å². The summed E-state index contributed by atoms with van der Waals surface area (Å²) in [7, 11) is 1.68. The zero-order chi connectivity index (χ0) is 19.2. The largest absolute Gasteiger partial charge is 0.497 e. The van der Waals surface area contributed by atoms with Crippen LogP contribution in [-0.2, 0) is 12.2 Å². The normalized spacial score (nSPS) is 10.8. The van der Waals surface area contributed by atoms with Crippen LogP contribution in [0.15, 0.2) is 90.1 Å². The summed E-state index contributed by atoms with van der Waals surface area (Å²) < 4.78 is 7.44. The monoisotopic (exact) mass is 387 g/mol. The Morgan fingerprint density at radius 1 is 0.786 bits per heavy atom. The van der Waals surface area contributed by atoms with Crippen molar-refractivity contribution in [3.63, 3.8) is 0 Å². The van der Waals surface area contributed by atoms with Crippen molar-refractivity contribution < 1.29 is 4.74 Å². The number of nitrogens with zero attached hydrogens (tertiary/aromatic N) is 3. The second kappa shape index (κ2) is 8.76. The van der Waals surface area contributed by atoms with Gasteiger partial charge in [0.15, 0.2) is 5.16 Å². The molecule has 140 valence electrons. The summed E-state index contributed by atoms with van der Waals surface area (Å²) in [5.74, 6) is 2.60. The van der Waals surface area contributed by atoms with Crippen LogP contribution in [0.2, 0.25) is 0 Å². The Labute approximate surface area is 169 Å². The van der Waals surface area contributed by atoms with Crippen molar-refractivity contribution in [1.29, 1.82) is 0 Å². The highest BCUT2D eigenvalue weighted by Gasteiger charge is 2.15. The molecule has 0 spiro atoms. The second-order valence-electron chi connectivity index (χ2n) is 6.37. The van der Waals surface area contributed by atoms with Crippen molar-refractivity contribution >= 4 is 11.8 Å². The summed E-state index contributed by atoms with van der Waals surface area (Å²) in [6.07, 6.45) is 0.728. The minimum absolute atomic E-state index is 0.728. The van der Waals surface area contributed by atoms with Crippen molar-refractivity contribution in [1.82, 2.24) is 14.8 Å². The molecule has 28 heavy (non-hydrogen) atoms. The summed E-state index contributed by atoms with van der Waals surface area (Å²) >= 11 is 1.69. The molecule has 0 unspecified atom stereocenters. The molecule has 4 aromatic rings. The van der Waals surface area contributed by atoms with Crippen LogP contribution in [0.25, 0.3) is 5.69 Å². The topological polar surface area (TPSA) is 39.9 Å². The van der Waals surface area contributed by atoms with Gasteiger partial charge in [-0.1, -0.05) is 72.4 Å². The third kappa shape index (κ3) is 4.26. The van der Waals surface area contributed by atoms with E-state index in [4.69, 9.17) is 4.74 Å². The van der Waals surface area contributed by atoms with Gasteiger partial charge in [-0.2, -0.15) is 0 Å². The summed E-state index contributed by atoms with van der Waals surface area (Å²) in [6.45, 7) is 0. The third-order valence-corrected chi connectivity index (χ3v) is 5.45. The standard InChI is InChI=1S/C23H21N3OS/c1-27-21-14-12-20(13-15-21)26-22(16-18-8-4-2-5-9-18)24-25-23(26)28-17-19-10-6-3-7-11-19/h2-15H,16-17H2,1H3. The number of aromatic nitrogens is 3. The van der Waals surface area contributed by atoms with Gasteiger partial charge in [0.1, 0.15) is 11.6 Å². The molecule has 0 atom stereocenters. The Morgan fingerprint density at radius 2 is 1.43 bits per heavy atom. The number of hydrogen-bond donors (Lipinski definition) is 0. The van der Waals surface area contributed by atoms with E-state index in [1.807, 2.05) is 36.4 Å². The smallest absolute Gasteiger partial charge is 0.196 e. The number of methoxy groups -OCH3 is 1. The molecule has 0 saturated carbocycles. The lowest BCUT2D eigenvalue weighted by atomic mass is 10.1. The molecule has 0 radical (unpaired) electrons. The highest BCUT2D eigenvalue weighted by Crippen LogP contribution is 2.27. The predicted molar refractivity (Wildman–Crippen MR) is 113 cm³/mol. The second-order valence-corrected chi connectivity index (χ2v) is 7.31. The molecule has 0 aliphatic rings. The van der Waals surface area contributed by atoms with E-state index in [1.165, 1.54) is 11.1 Å². The van der Waals surface area contributed by atoms with Gasteiger partial charge in [-0.05, 0) is 35.4 Å². The number of rotatable bonds is 7. The van der Waals surface area contributed by atoms with E-state index in [-0.39, 0.29) is 0 Å². The lowest BCUT2D eigenvalue weighted by Crippen LogP contribution is -2.04. The molecule has 0 saturated heterocycles. The third-order valence-electron chi connectivity index (χ3n) is 4.45. The van der Waals surface area contributed by atoms with Gasteiger partial charge in [-0.15, -0.1) is 10.2 Å². The molecule has 4 rings (SSSR count). The zero-order valence-corrected chi connectivity index (χ0v) is 16.5. The molecule has 4 nitrogen and oxygen atoms in total. The lowest BCUT2D eigenvalue weighted by Gasteiger charge is -2.11. The van der Waals surface area contributed by atoms with E-state index in [0.29, 0.717) is 0 Å². The summed E-state index contributed by atoms with van der Waals surface area (Å²) in [5.41, 5.74) is 3.51. The SMILES string of the molecule is COc1ccc(-n2c(Cc3ccccc3)nnc2SCc2ccccc2)cc1. The molecule has 1 aromatic heterocycles. The maximum absolute atomic E-state index is 5.30. The fourth-order valence-corrected chi connectivity index (χ4v) is 3.93. The quantitative estimate of drug-likeness (QED) is 0.411. The molecule has 5 heteroatoms. The van der Waals surface area contributed by atoms with E-state index in [2.05, 4.69) is 63.3 Å². The first-order valence-corrected chi connectivity index (χ1v) is 10.1. The molecule has 0 aliphatic heterocycles. The first-order chi connectivity index (χ1) is 13.8. The first-order valence-electron chi connectivity index (χ1n) is 9.13. The van der Waals surface area contributed by atoms with Gasteiger partial charge in [-0.25, -0.2) is 0 Å². The van der Waals surface area contributed by atoms with Crippen LogP contribution in [0.3, 0.4) is 0 Å². The van der Waals surface area contributed by atoms with Crippen LogP contribution in [0.1, 0.15) is 17.0 Å². The average molecular weight is 388 g/mol. The first kappa shape index (κ1) is 18.3.